The van der Waals surface area contributed by atoms with Gasteiger partial charge in [-0.15, -0.1) is 6.58 Å². The fourth-order valence-corrected chi connectivity index (χ4v) is 2.63. The van der Waals surface area contributed by atoms with Crippen molar-refractivity contribution in [2.24, 2.45) is 5.73 Å². The molecule has 0 radical (unpaired) electrons. The smallest absolute Gasteiger partial charge is 0.251 e. The van der Waals surface area contributed by atoms with Gasteiger partial charge < -0.3 is 16.0 Å². The molecule has 0 saturated carbocycles. The summed E-state index contributed by atoms with van der Waals surface area (Å²) < 4.78 is 0. The van der Waals surface area contributed by atoms with Crippen molar-refractivity contribution in [2.75, 3.05) is 19.6 Å². The molecule has 0 aromatic heterocycles. The summed E-state index contributed by atoms with van der Waals surface area (Å²) >= 11 is 0. The molecular formula is C17H23N3O2. The fraction of sp³-hybridized carbons (Fsp3) is 0.412. The molecule has 1 heterocycles. The lowest BCUT2D eigenvalue weighted by Gasteiger charge is -2.32. The zero-order valence-electron chi connectivity index (χ0n) is 12.8. The van der Waals surface area contributed by atoms with Crippen molar-refractivity contribution in [3.8, 4) is 0 Å². The van der Waals surface area contributed by atoms with Gasteiger partial charge in [0.2, 0.25) is 5.91 Å². The molecule has 5 nitrogen and oxygen atoms in total. The van der Waals surface area contributed by atoms with E-state index in [9.17, 15) is 9.59 Å². The summed E-state index contributed by atoms with van der Waals surface area (Å²) in [7, 11) is 0. The van der Waals surface area contributed by atoms with Gasteiger partial charge in [0.15, 0.2) is 0 Å². The van der Waals surface area contributed by atoms with Crippen LogP contribution in [0.5, 0.6) is 0 Å². The second-order valence-electron chi connectivity index (χ2n) is 5.61. The van der Waals surface area contributed by atoms with Crippen molar-refractivity contribution in [1.82, 2.24) is 10.2 Å². The van der Waals surface area contributed by atoms with Crippen LogP contribution in [0.4, 0.5) is 0 Å². The average Bonchev–Trinajstić information content (AvgIpc) is 2.54. The van der Waals surface area contributed by atoms with E-state index in [-0.39, 0.29) is 11.9 Å². The lowest BCUT2D eigenvalue weighted by Crippen LogP contribution is -2.44. The summed E-state index contributed by atoms with van der Waals surface area (Å²) in [4.78, 5) is 25.6. The molecule has 0 spiro atoms. The SMILES string of the molecule is C=CCCN1CCC(NC(=O)c2ccc(C(N)=O)cc2)CC1. The molecule has 1 aromatic carbocycles. The number of benzene rings is 1. The molecule has 0 unspecified atom stereocenters. The molecule has 2 amide bonds. The Morgan fingerprint density at radius 3 is 2.36 bits per heavy atom. The first-order chi connectivity index (χ1) is 10.6. The monoisotopic (exact) mass is 301 g/mol. The highest BCUT2D eigenvalue weighted by molar-refractivity contribution is 5.97. The van der Waals surface area contributed by atoms with Crippen LogP contribution >= 0.6 is 0 Å². The Balaban J connectivity index is 1.82. The molecule has 1 aliphatic rings. The lowest BCUT2D eigenvalue weighted by atomic mass is 10.0. The van der Waals surface area contributed by atoms with E-state index in [1.165, 1.54) is 0 Å². The normalized spacial score (nSPS) is 16.2. The number of primary amides is 1. The van der Waals surface area contributed by atoms with Crippen molar-refractivity contribution in [1.29, 1.82) is 0 Å². The highest BCUT2D eigenvalue weighted by Gasteiger charge is 2.20. The van der Waals surface area contributed by atoms with Crippen molar-refractivity contribution in [3.05, 3.63) is 48.0 Å². The van der Waals surface area contributed by atoms with E-state index in [1.54, 1.807) is 24.3 Å². The van der Waals surface area contributed by atoms with Crippen LogP contribution in [0.1, 0.15) is 40.0 Å². The molecule has 0 atom stereocenters. The second kappa shape index (κ2) is 7.75. The van der Waals surface area contributed by atoms with Crippen molar-refractivity contribution < 1.29 is 9.59 Å². The number of hydrogen-bond acceptors (Lipinski definition) is 3. The Morgan fingerprint density at radius 2 is 1.82 bits per heavy atom. The number of carbonyl (C=O) groups excluding carboxylic acids is 2. The molecule has 5 heteroatoms. The molecule has 22 heavy (non-hydrogen) atoms. The summed E-state index contributed by atoms with van der Waals surface area (Å²) in [5.74, 6) is -0.584. The van der Waals surface area contributed by atoms with Gasteiger partial charge in [-0.2, -0.15) is 0 Å². The molecular weight excluding hydrogens is 278 g/mol. The van der Waals surface area contributed by atoms with E-state index in [2.05, 4.69) is 16.8 Å². The summed E-state index contributed by atoms with van der Waals surface area (Å²) in [6.45, 7) is 6.78. The predicted molar refractivity (Wildman–Crippen MR) is 86.7 cm³/mol. The van der Waals surface area contributed by atoms with Gasteiger partial charge >= 0.3 is 0 Å². The minimum Gasteiger partial charge on any atom is -0.366 e. The Bertz CT molecular complexity index is 531. The fourth-order valence-electron chi connectivity index (χ4n) is 2.63. The van der Waals surface area contributed by atoms with E-state index in [0.29, 0.717) is 11.1 Å². The number of hydrogen-bond donors (Lipinski definition) is 2. The first kappa shape index (κ1) is 16.2. The Hall–Kier alpha value is -2.14. The number of nitrogens with one attached hydrogen (secondary N) is 1. The van der Waals surface area contributed by atoms with Crippen LogP contribution in [0.25, 0.3) is 0 Å². The lowest BCUT2D eigenvalue weighted by molar-refractivity contribution is 0.0910. The van der Waals surface area contributed by atoms with Gasteiger partial charge in [0, 0.05) is 36.8 Å². The first-order valence-electron chi connectivity index (χ1n) is 7.64. The van der Waals surface area contributed by atoms with Gasteiger partial charge in [0.05, 0.1) is 0 Å². The molecule has 118 valence electrons. The minimum atomic E-state index is -0.487. The summed E-state index contributed by atoms with van der Waals surface area (Å²) in [5, 5.41) is 3.06. The third-order valence-electron chi connectivity index (χ3n) is 4.00. The molecule has 1 aliphatic heterocycles. The van der Waals surface area contributed by atoms with Crippen LogP contribution < -0.4 is 11.1 Å². The van der Waals surface area contributed by atoms with Gasteiger partial charge in [-0.05, 0) is 43.5 Å². The number of piperidine rings is 1. The Labute approximate surface area is 131 Å². The van der Waals surface area contributed by atoms with Crippen LogP contribution in [0.2, 0.25) is 0 Å². The average molecular weight is 301 g/mol. The Kier molecular flexibility index (Phi) is 5.72. The molecule has 0 bridgehead atoms. The molecule has 2 rings (SSSR count). The second-order valence-corrected chi connectivity index (χ2v) is 5.61. The van der Waals surface area contributed by atoms with E-state index in [1.807, 2.05) is 6.08 Å². The molecule has 1 saturated heterocycles. The maximum atomic E-state index is 12.2. The van der Waals surface area contributed by atoms with Gasteiger partial charge in [-0.25, -0.2) is 0 Å². The van der Waals surface area contributed by atoms with Crippen LogP contribution in [-0.4, -0.2) is 42.4 Å². The maximum Gasteiger partial charge on any atom is 0.251 e. The third-order valence-corrected chi connectivity index (χ3v) is 4.00. The number of nitrogens with zero attached hydrogens (tertiary/aromatic N) is 1. The summed E-state index contributed by atoms with van der Waals surface area (Å²) in [6.07, 6.45) is 4.86. The molecule has 1 aromatic rings. The van der Waals surface area contributed by atoms with Gasteiger partial charge in [-0.1, -0.05) is 6.08 Å². The van der Waals surface area contributed by atoms with Gasteiger partial charge in [-0.3, -0.25) is 9.59 Å². The van der Waals surface area contributed by atoms with Gasteiger partial charge in [0.25, 0.3) is 5.91 Å². The number of likely N-dealkylation sites (tertiary alicyclic amines) is 1. The van der Waals surface area contributed by atoms with Crippen LogP contribution in [0, 0.1) is 0 Å². The zero-order valence-corrected chi connectivity index (χ0v) is 12.8. The quantitative estimate of drug-likeness (QED) is 0.783. The first-order valence-corrected chi connectivity index (χ1v) is 7.64. The molecule has 1 fully saturated rings. The highest BCUT2D eigenvalue weighted by atomic mass is 16.2. The topological polar surface area (TPSA) is 75.4 Å². The van der Waals surface area contributed by atoms with E-state index in [0.717, 1.165) is 38.9 Å². The zero-order chi connectivity index (χ0) is 15.9. The summed E-state index contributed by atoms with van der Waals surface area (Å²) in [5.41, 5.74) is 6.15. The van der Waals surface area contributed by atoms with E-state index in [4.69, 9.17) is 5.73 Å². The maximum absolute atomic E-state index is 12.2. The standard InChI is InChI=1S/C17H23N3O2/c1-2-3-10-20-11-8-15(9-12-20)19-17(22)14-6-4-13(5-7-14)16(18)21/h2,4-7,15H,1,3,8-12H2,(H2,18,21)(H,19,22). The van der Waals surface area contributed by atoms with Crippen LogP contribution in [0.15, 0.2) is 36.9 Å². The Morgan fingerprint density at radius 1 is 1.23 bits per heavy atom. The van der Waals surface area contributed by atoms with E-state index >= 15 is 0 Å². The van der Waals surface area contributed by atoms with Crippen molar-refractivity contribution in [2.45, 2.75) is 25.3 Å². The van der Waals surface area contributed by atoms with Crippen LogP contribution in [-0.2, 0) is 0 Å². The molecule has 3 N–H and O–H groups in total. The number of nitrogens with two attached hydrogens (primary N) is 1. The predicted octanol–water partition coefficient (Wildman–Crippen LogP) is 1.56. The van der Waals surface area contributed by atoms with Crippen molar-refractivity contribution >= 4 is 11.8 Å². The van der Waals surface area contributed by atoms with Gasteiger partial charge in [0.1, 0.15) is 0 Å². The van der Waals surface area contributed by atoms with E-state index < -0.39 is 5.91 Å². The van der Waals surface area contributed by atoms with Crippen LogP contribution in [0.3, 0.4) is 0 Å². The number of carbonyl (C=O) groups is 2. The van der Waals surface area contributed by atoms with Crippen molar-refractivity contribution in [3.63, 3.8) is 0 Å². The minimum absolute atomic E-state index is 0.0967. The largest absolute Gasteiger partial charge is 0.366 e. The summed E-state index contributed by atoms with van der Waals surface area (Å²) in [6, 6.07) is 6.64. The number of rotatable bonds is 6. The highest BCUT2D eigenvalue weighted by Crippen LogP contribution is 2.12. The third kappa shape index (κ3) is 4.43. The number of amides is 2. The molecule has 0 aliphatic carbocycles.